The van der Waals surface area contributed by atoms with Gasteiger partial charge in [0.15, 0.2) is 0 Å². The summed E-state index contributed by atoms with van der Waals surface area (Å²) in [5, 5.41) is 11.0. The summed E-state index contributed by atoms with van der Waals surface area (Å²) in [6.07, 6.45) is 5.00. The molecule has 41 heavy (non-hydrogen) atoms. The van der Waals surface area contributed by atoms with E-state index in [1.54, 1.807) is 0 Å². The van der Waals surface area contributed by atoms with Crippen LogP contribution >= 0.6 is 0 Å². The van der Waals surface area contributed by atoms with Crippen molar-refractivity contribution in [3.8, 4) is 0 Å². The molecule has 5 atom stereocenters. The van der Waals surface area contributed by atoms with Gasteiger partial charge in [0.2, 0.25) is 29.9 Å². The SMILES string of the molecule is CC(C)C[C@@H]([C]=O)NC(=O)[C@H](CC(C)C)NC(=O)[C@H](CCCCN)NC(=O)[C@H](CC(C)C)NC(=O)[C@@H](N)CC(C)C. The van der Waals surface area contributed by atoms with Crippen LogP contribution in [0.5, 0.6) is 0 Å². The van der Waals surface area contributed by atoms with E-state index in [1.807, 2.05) is 61.7 Å². The minimum absolute atomic E-state index is 0.0702. The first kappa shape index (κ1) is 38.5. The van der Waals surface area contributed by atoms with Crippen molar-refractivity contribution in [2.75, 3.05) is 6.54 Å². The van der Waals surface area contributed by atoms with E-state index in [0.717, 1.165) is 0 Å². The summed E-state index contributed by atoms with van der Waals surface area (Å²) < 4.78 is 0. The summed E-state index contributed by atoms with van der Waals surface area (Å²) in [5.74, 6) is -1.36. The predicted molar refractivity (Wildman–Crippen MR) is 162 cm³/mol. The Bertz CT molecular complexity index is 817. The zero-order valence-corrected chi connectivity index (χ0v) is 26.5. The molecule has 0 spiro atoms. The van der Waals surface area contributed by atoms with Gasteiger partial charge in [-0.25, -0.2) is 0 Å². The van der Waals surface area contributed by atoms with E-state index < -0.39 is 53.8 Å². The lowest BCUT2D eigenvalue weighted by atomic mass is 9.99. The van der Waals surface area contributed by atoms with Crippen LogP contribution in [-0.4, -0.2) is 66.7 Å². The van der Waals surface area contributed by atoms with Crippen LogP contribution in [0.25, 0.3) is 0 Å². The van der Waals surface area contributed by atoms with E-state index in [4.69, 9.17) is 11.5 Å². The van der Waals surface area contributed by atoms with Gasteiger partial charge in [-0.05, 0) is 75.2 Å². The van der Waals surface area contributed by atoms with Crippen LogP contribution in [0.2, 0.25) is 0 Å². The Balaban J connectivity index is 5.82. The zero-order valence-electron chi connectivity index (χ0n) is 26.5. The molecule has 0 aliphatic heterocycles. The largest absolute Gasteiger partial charge is 0.344 e. The average molecular weight is 582 g/mol. The van der Waals surface area contributed by atoms with E-state index in [9.17, 15) is 24.0 Å². The Labute approximate surface area is 247 Å². The first-order valence-electron chi connectivity index (χ1n) is 15.2. The van der Waals surface area contributed by atoms with Crippen molar-refractivity contribution < 1.29 is 24.0 Å². The van der Waals surface area contributed by atoms with Crippen molar-refractivity contribution in [3.05, 3.63) is 0 Å². The highest BCUT2D eigenvalue weighted by atomic mass is 16.2. The highest BCUT2D eigenvalue weighted by Crippen LogP contribution is 2.11. The molecule has 0 bridgehead atoms. The van der Waals surface area contributed by atoms with Gasteiger partial charge >= 0.3 is 0 Å². The second-order valence-corrected chi connectivity index (χ2v) is 12.8. The molecule has 237 valence electrons. The van der Waals surface area contributed by atoms with Gasteiger partial charge in [-0.3, -0.25) is 24.0 Å². The quantitative estimate of drug-likeness (QED) is 0.111. The Morgan fingerprint density at radius 2 is 1.00 bits per heavy atom. The molecule has 0 saturated heterocycles. The van der Waals surface area contributed by atoms with Gasteiger partial charge in [0.1, 0.15) is 18.1 Å². The first-order valence-corrected chi connectivity index (χ1v) is 15.2. The molecule has 8 N–H and O–H groups in total. The maximum Gasteiger partial charge on any atom is 0.243 e. The van der Waals surface area contributed by atoms with Gasteiger partial charge in [-0.1, -0.05) is 55.4 Å². The van der Waals surface area contributed by atoms with Crippen LogP contribution in [0.4, 0.5) is 0 Å². The molecule has 0 aromatic rings. The highest BCUT2D eigenvalue weighted by molar-refractivity contribution is 5.95. The van der Waals surface area contributed by atoms with E-state index in [1.165, 1.54) is 0 Å². The van der Waals surface area contributed by atoms with Crippen molar-refractivity contribution in [2.45, 2.75) is 131 Å². The number of nitrogens with two attached hydrogens (primary N) is 2. The van der Waals surface area contributed by atoms with Crippen molar-refractivity contribution in [3.63, 3.8) is 0 Å². The molecule has 11 nitrogen and oxygen atoms in total. The number of hydrogen-bond acceptors (Lipinski definition) is 7. The van der Waals surface area contributed by atoms with Crippen LogP contribution in [0.3, 0.4) is 0 Å². The van der Waals surface area contributed by atoms with Crippen LogP contribution in [-0.2, 0) is 24.0 Å². The Kier molecular flexibility index (Phi) is 19.1. The molecular formula is C30H57N6O5. The maximum atomic E-state index is 13.5. The van der Waals surface area contributed by atoms with E-state index >= 15 is 0 Å². The van der Waals surface area contributed by atoms with Gasteiger partial charge < -0.3 is 32.7 Å². The van der Waals surface area contributed by atoms with Crippen molar-refractivity contribution in [2.24, 2.45) is 35.1 Å². The fourth-order valence-corrected chi connectivity index (χ4v) is 4.49. The third kappa shape index (κ3) is 17.1. The molecule has 11 heteroatoms. The molecule has 0 unspecified atom stereocenters. The molecule has 0 rings (SSSR count). The van der Waals surface area contributed by atoms with Gasteiger partial charge in [-0.15, -0.1) is 0 Å². The van der Waals surface area contributed by atoms with E-state index in [0.29, 0.717) is 51.5 Å². The van der Waals surface area contributed by atoms with Crippen LogP contribution in [0, 0.1) is 23.7 Å². The summed E-state index contributed by atoms with van der Waals surface area (Å²) in [7, 11) is 0. The Morgan fingerprint density at radius 1 is 0.585 bits per heavy atom. The van der Waals surface area contributed by atoms with Gasteiger partial charge in [-0.2, -0.15) is 0 Å². The van der Waals surface area contributed by atoms with Crippen LogP contribution in [0.1, 0.15) is 100 Å². The third-order valence-corrected chi connectivity index (χ3v) is 6.49. The second kappa shape index (κ2) is 20.4. The molecule has 0 heterocycles. The molecule has 0 fully saturated rings. The molecular weight excluding hydrogens is 524 g/mol. The molecule has 0 aliphatic carbocycles. The fourth-order valence-electron chi connectivity index (χ4n) is 4.49. The third-order valence-electron chi connectivity index (χ3n) is 6.49. The topological polar surface area (TPSA) is 186 Å². The molecule has 0 aromatic carbocycles. The highest BCUT2D eigenvalue weighted by Gasteiger charge is 2.31. The second-order valence-electron chi connectivity index (χ2n) is 12.8. The van der Waals surface area contributed by atoms with E-state index in [2.05, 4.69) is 21.3 Å². The number of hydrogen-bond donors (Lipinski definition) is 6. The van der Waals surface area contributed by atoms with Crippen molar-refractivity contribution >= 4 is 29.9 Å². The zero-order chi connectivity index (χ0) is 31.7. The number of carbonyl (C=O) groups is 4. The number of carbonyl (C=O) groups excluding carboxylic acids is 5. The first-order chi connectivity index (χ1) is 19.1. The maximum absolute atomic E-state index is 13.5. The molecule has 0 saturated carbocycles. The average Bonchev–Trinajstić information content (AvgIpc) is 2.85. The number of rotatable bonds is 21. The summed E-state index contributed by atoms with van der Waals surface area (Å²) in [4.78, 5) is 64.1. The molecule has 4 amide bonds. The van der Waals surface area contributed by atoms with Gasteiger partial charge in [0, 0.05) is 0 Å². The number of amides is 4. The molecule has 0 aliphatic rings. The van der Waals surface area contributed by atoms with Crippen molar-refractivity contribution in [1.82, 2.24) is 21.3 Å². The number of nitrogens with one attached hydrogen (secondary N) is 4. The summed E-state index contributed by atoms with van der Waals surface area (Å²) in [6, 6.07) is -4.26. The fraction of sp³-hybridized carbons (Fsp3) is 0.833. The Hall–Kier alpha value is -2.53. The predicted octanol–water partition coefficient (Wildman–Crippen LogP) is 1.68. The van der Waals surface area contributed by atoms with Crippen molar-refractivity contribution in [1.29, 1.82) is 0 Å². The standard InChI is InChI=1S/C30H57N6O5/c1-18(2)13-22(17-37)33-29(40)25(15-20(5)6)36-28(39)24(11-9-10-12-31)34-30(41)26(16-21(7)8)35-27(38)23(32)14-19(3)4/h18-26H,9-16,31-32H2,1-8H3,(H,33,40)(H,34,41)(H,35,38)(H,36,39)/t22-,23-,24-,25-,26-/m0/s1. The summed E-state index contributed by atoms with van der Waals surface area (Å²) >= 11 is 0. The summed E-state index contributed by atoms with van der Waals surface area (Å²) in [6.45, 7) is 15.9. The monoisotopic (exact) mass is 581 g/mol. The van der Waals surface area contributed by atoms with Gasteiger partial charge in [0.05, 0.1) is 12.1 Å². The minimum atomic E-state index is -0.948. The van der Waals surface area contributed by atoms with E-state index in [-0.39, 0.29) is 23.7 Å². The lowest BCUT2D eigenvalue weighted by Crippen LogP contribution is -2.58. The lowest BCUT2D eigenvalue weighted by molar-refractivity contribution is -0.134. The Morgan fingerprint density at radius 3 is 1.44 bits per heavy atom. The molecule has 0 aromatic heterocycles. The number of unbranched alkanes of at least 4 members (excludes halogenated alkanes) is 1. The minimum Gasteiger partial charge on any atom is -0.344 e. The lowest BCUT2D eigenvalue weighted by Gasteiger charge is -2.27. The smallest absolute Gasteiger partial charge is 0.243 e. The van der Waals surface area contributed by atoms with Crippen LogP contribution in [0.15, 0.2) is 0 Å². The summed E-state index contributed by atoms with van der Waals surface area (Å²) in [5.41, 5.74) is 11.7. The normalized spacial score (nSPS) is 15.3. The van der Waals surface area contributed by atoms with Crippen LogP contribution < -0.4 is 32.7 Å². The van der Waals surface area contributed by atoms with Gasteiger partial charge in [0.25, 0.3) is 0 Å². The molecule has 1 radical (unpaired) electrons.